The van der Waals surface area contributed by atoms with Gasteiger partial charge in [0.05, 0.1) is 11.5 Å². The van der Waals surface area contributed by atoms with Crippen molar-refractivity contribution in [1.29, 1.82) is 0 Å². The van der Waals surface area contributed by atoms with Gasteiger partial charge in [-0.15, -0.1) is 11.3 Å². The summed E-state index contributed by atoms with van der Waals surface area (Å²) in [5.74, 6) is 0.892. The molecule has 0 saturated heterocycles. The maximum Gasteiger partial charge on any atom is 0.169 e. The van der Waals surface area contributed by atoms with Crippen molar-refractivity contribution >= 4 is 17.1 Å². The molecule has 1 aromatic heterocycles. The molecule has 1 aromatic rings. The van der Waals surface area contributed by atoms with Crippen LogP contribution in [0.2, 0.25) is 0 Å². The lowest BCUT2D eigenvalue weighted by Crippen LogP contribution is -1.89. The molecular formula is C8H10O2S. The van der Waals surface area contributed by atoms with E-state index in [1.807, 2.05) is 12.3 Å². The standard InChI is InChI=1S/C8H10O2S/c1-3-10-7-4-8(6(2)9)11-5-7/h4-5H,3H2,1-2H3. The van der Waals surface area contributed by atoms with E-state index in [1.165, 1.54) is 11.3 Å². The first-order chi connectivity index (χ1) is 5.24. The third-order valence-electron chi connectivity index (χ3n) is 1.23. The summed E-state index contributed by atoms with van der Waals surface area (Å²) in [5.41, 5.74) is 0. The minimum atomic E-state index is 0.0981. The Bertz CT molecular complexity index is 252. The Morgan fingerprint density at radius 2 is 2.45 bits per heavy atom. The number of ketones is 1. The smallest absolute Gasteiger partial charge is 0.169 e. The zero-order valence-electron chi connectivity index (χ0n) is 6.59. The first kappa shape index (κ1) is 8.27. The number of carbonyl (C=O) groups is 1. The largest absolute Gasteiger partial charge is 0.493 e. The Morgan fingerprint density at radius 1 is 1.73 bits per heavy atom. The van der Waals surface area contributed by atoms with Crippen LogP contribution < -0.4 is 4.74 Å². The molecule has 60 valence electrons. The second kappa shape index (κ2) is 3.53. The van der Waals surface area contributed by atoms with E-state index in [9.17, 15) is 4.79 Å². The van der Waals surface area contributed by atoms with E-state index >= 15 is 0 Å². The fraction of sp³-hybridized carbons (Fsp3) is 0.375. The number of hydrogen-bond acceptors (Lipinski definition) is 3. The quantitative estimate of drug-likeness (QED) is 0.651. The molecule has 3 heteroatoms. The van der Waals surface area contributed by atoms with Crippen molar-refractivity contribution in [1.82, 2.24) is 0 Å². The Kier molecular flexibility index (Phi) is 2.65. The molecule has 0 aliphatic heterocycles. The zero-order chi connectivity index (χ0) is 8.27. The highest BCUT2D eigenvalue weighted by atomic mass is 32.1. The summed E-state index contributed by atoms with van der Waals surface area (Å²) < 4.78 is 5.19. The Morgan fingerprint density at radius 3 is 2.91 bits per heavy atom. The Hall–Kier alpha value is -0.830. The van der Waals surface area contributed by atoms with E-state index in [4.69, 9.17) is 4.74 Å². The normalized spacial score (nSPS) is 9.64. The third kappa shape index (κ3) is 2.05. The molecule has 0 radical (unpaired) electrons. The van der Waals surface area contributed by atoms with Crippen molar-refractivity contribution in [2.45, 2.75) is 13.8 Å². The summed E-state index contributed by atoms with van der Waals surface area (Å²) in [5, 5.41) is 1.85. The molecule has 2 nitrogen and oxygen atoms in total. The fourth-order valence-corrected chi connectivity index (χ4v) is 1.48. The van der Waals surface area contributed by atoms with Crippen molar-refractivity contribution < 1.29 is 9.53 Å². The summed E-state index contributed by atoms with van der Waals surface area (Å²) in [7, 11) is 0. The second-order valence-corrected chi connectivity index (χ2v) is 3.05. The van der Waals surface area contributed by atoms with E-state index in [1.54, 1.807) is 13.0 Å². The van der Waals surface area contributed by atoms with Gasteiger partial charge in [-0.1, -0.05) is 0 Å². The van der Waals surface area contributed by atoms with Gasteiger partial charge in [-0.05, 0) is 13.8 Å². The molecule has 0 N–H and O–H groups in total. The number of rotatable bonds is 3. The van der Waals surface area contributed by atoms with E-state index in [2.05, 4.69) is 0 Å². The summed E-state index contributed by atoms with van der Waals surface area (Å²) in [4.78, 5) is 11.6. The van der Waals surface area contributed by atoms with E-state index in [-0.39, 0.29) is 5.78 Å². The average molecular weight is 170 g/mol. The van der Waals surface area contributed by atoms with Gasteiger partial charge in [0.25, 0.3) is 0 Å². The van der Waals surface area contributed by atoms with Gasteiger partial charge in [0.2, 0.25) is 0 Å². The lowest BCUT2D eigenvalue weighted by Gasteiger charge is -1.94. The van der Waals surface area contributed by atoms with Crippen LogP contribution in [0.5, 0.6) is 5.75 Å². The number of hydrogen-bond donors (Lipinski definition) is 0. The number of thiophene rings is 1. The van der Waals surface area contributed by atoms with Crippen LogP contribution in [0.3, 0.4) is 0 Å². The molecule has 1 rings (SSSR count). The first-order valence-electron chi connectivity index (χ1n) is 3.46. The Balaban J connectivity index is 2.73. The minimum Gasteiger partial charge on any atom is -0.493 e. The molecule has 11 heavy (non-hydrogen) atoms. The second-order valence-electron chi connectivity index (χ2n) is 2.14. The minimum absolute atomic E-state index is 0.0981. The monoisotopic (exact) mass is 170 g/mol. The zero-order valence-corrected chi connectivity index (χ0v) is 7.40. The predicted octanol–water partition coefficient (Wildman–Crippen LogP) is 2.35. The lowest BCUT2D eigenvalue weighted by atomic mass is 10.3. The predicted molar refractivity (Wildman–Crippen MR) is 45.5 cm³/mol. The molecule has 0 bridgehead atoms. The van der Waals surface area contributed by atoms with Gasteiger partial charge in [-0.2, -0.15) is 0 Å². The van der Waals surface area contributed by atoms with Crippen molar-refractivity contribution in [3.8, 4) is 5.75 Å². The first-order valence-corrected chi connectivity index (χ1v) is 4.34. The maximum absolute atomic E-state index is 10.8. The molecule has 0 saturated carbocycles. The van der Waals surface area contributed by atoms with E-state index < -0.39 is 0 Å². The van der Waals surface area contributed by atoms with Crippen molar-refractivity contribution in [2.75, 3.05) is 6.61 Å². The fourth-order valence-electron chi connectivity index (χ4n) is 0.746. The van der Waals surface area contributed by atoms with Crippen molar-refractivity contribution in [3.63, 3.8) is 0 Å². The molecule has 0 atom stereocenters. The van der Waals surface area contributed by atoms with Crippen LogP contribution in [0, 0.1) is 0 Å². The maximum atomic E-state index is 10.8. The molecule has 1 heterocycles. The van der Waals surface area contributed by atoms with Gasteiger partial charge in [0.1, 0.15) is 5.75 Å². The molecule has 0 aromatic carbocycles. The number of carbonyl (C=O) groups excluding carboxylic acids is 1. The van der Waals surface area contributed by atoms with Crippen LogP contribution in [-0.4, -0.2) is 12.4 Å². The van der Waals surface area contributed by atoms with Gasteiger partial charge in [0.15, 0.2) is 5.78 Å². The summed E-state index contributed by atoms with van der Waals surface area (Å²) in [6.45, 7) is 4.13. The van der Waals surface area contributed by atoms with Crippen LogP contribution in [0.25, 0.3) is 0 Å². The van der Waals surface area contributed by atoms with Crippen molar-refractivity contribution in [2.24, 2.45) is 0 Å². The molecule has 0 aliphatic carbocycles. The molecular weight excluding hydrogens is 160 g/mol. The molecule has 0 spiro atoms. The van der Waals surface area contributed by atoms with E-state index in [0.29, 0.717) is 6.61 Å². The SMILES string of the molecule is CCOc1csc(C(C)=O)c1. The van der Waals surface area contributed by atoms with Crippen LogP contribution in [-0.2, 0) is 0 Å². The van der Waals surface area contributed by atoms with Gasteiger partial charge < -0.3 is 4.74 Å². The molecule has 0 unspecified atom stereocenters. The summed E-state index contributed by atoms with van der Waals surface area (Å²) >= 11 is 1.42. The Labute approximate surface area is 69.8 Å². The van der Waals surface area contributed by atoms with Gasteiger partial charge in [0, 0.05) is 11.4 Å². The molecule has 0 amide bonds. The highest BCUT2D eigenvalue weighted by molar-refractivity contribution is 7.12. The van der Waals surface area contributed by atoms with E-state index in [0.717, 1.165) is 10.6 Å². The summed E-state index contributed by atoms with van der Waals surface area (Å²) in [6.07, 6.45) is 0. The number of Topliss-reactive ketones (excluding diaryl/α,β-unsaturated/α-hetero) is 1. The van der Waals surface area contributed by atoms with Gasteiger partial charge in [-0.3, -0.25) is 4.79 Å². The number of ether oxygens (including phenoxy) is 1. The highest BCUT2D eigenvalue weighted by Crippen LogP contribution is 2.21. The highest BCUT2D eigenvalue weighted by Gasteiger charge is 2.03. The third-order valence-corrected chi connectivity index (χ3v) is 2.24. The van der Waals surface area contributed by atoms with Crippen LogP contribution in [0.15, 0.2) is 11.4 Å². The van der Waals surface area contributed by atoms with Gasteiger partial charge >= 0.3 is 0 Å². The van der Waals surface area contributed by atoms with Crippen LogP contribution in [0.4, 0.5) is 0 Å². The molecule has 0 aliphatic rings. The van der Waals surface area contributed by atoms with Crippen molar-refractivity contribution in [3.05, 3.63) is 16.3 Å². The average Bonchev–Trinajstić information content (AvgIpc) is 2.37. The lowest BCUT2D eigenvalue weighted by molar-refractivity contribution is 0.102. The topological polar surface area (TPSA) is 26.3 Å². The van der Waals surface area contributed by atoms with Crippen LogP contribution in [0.1, 0.15) is 23.5 Å². The summed E-state index contributed by atoms with van der Waals surface area (Å²) in [6, 6.07) is 1.77. The molecule has 0 fully saturated rings. The van der Waals surface area contributed by atoms with Crippen LogP contribution >= 0.6 is 11.3 Å². The van der Waals surface area contributed by atoms with Gasteiger partial charge in [-0.25, -0.2) is 0 Å².